The maximum atomic E-state index is 10.8. The van der Waals surface area contributed by atoms with Gasteiger partial charge in [0.1, 0.15) is 5.75 Å². The molecule has 1 aromatic carbocycles. The summed E-state index contributed by atoms with van der Waals surface area (Å²) in [5.74, 6) is -0.387. The highest BCUT2D eigenvalue weighted by atomic mass is 16.5. The normalized spacial score (nSPS) is 12.1. The van der Waals surface area contributed by atoms with Crippen LogP contribution in [0.1, 0.15) is 12.0 Å². The Balaban J connectivity index is 2.74. The predicted molar refractivity (Wildman–Crippen MR) is 56.9 cm³/mol. The van der Waals surface area contributed by atoms with Gasteiger partial charge in [0.2, 0.25) is 0 Å². The molecule has 0 radical (unpaired) electrons. The van der Waals surface area contributed by atoms with E-state index in [1.54, 1.807) is 6.07 Å². The lowest BCUT2D eigenvalue weighted by molar-refractivity contribution is -0.145. The Morgan fingerprint density at radius 1 is 1.53 bits per heavy atom. The van der Waals surface area contributed by atoms with Crippen molar-refractivity contribution >= 4 is 5.97 Å². The number of aliphatic carboxylic acids is 1. The second-order valence-corrected chi connectivity index (χ2v) is 3.29. The highest BCUT2D eigenvalue weighted by Crippen LogP contribution is 2.18. The first kappa shape index (κ1) is 11.5. The van der Waals surface area contributed by atoms with Crippen molar-refractivity contribution in [1.82, 2.24) is 0 Å². The molecular formula is C11H15NO3. The van der Waals surface area contributed by atoms with Gasteiger partial charge in [0.05, 0.1) is 0 Å². The zero-order chi connectivity index (χ0) is 11.3. The van der Waals surface area contributed by atoms with E-state index in [-0.39, 0.29) is 0 Å². The summed E-state index contributed by atoms with van der Waals surface area (Å²) in [6.07, 6.45) is -0.556. The van der Waals surface area contributed by atoms with Crippen molar-refractivity contribution < 1.29 is 14.6 Å². The van der Waals surface area contributed by atoms with Crippen molar-refractivity contribution in [2.75, 3.05) is 6.54 Å². The molecule has 3 N–H and O–H groups in total. The minimum Gasteiger partial charge on any atom is -0.479 e. The van der Waals surface area contributed by atoms with E-state index in [1.165, 1.54) is 0 Å². The van der Waals surface area contributed by atoms with Gasteiger partial charge < -0.3 is 15.6 Å². The number of para-hydroxylation sites is 1. The number of rotatable bonds is 5. The smallest absolute Gasteiger partial charge is 0.344 e. The first-order chi connectivity index (χ1) is 7.15. The molecule has 1 atom stereocenters. The molecule has 15 heavy (non-hydrogen) atoms. The summed E-state index contributed by atoms with van der Waals surface area (Å²) >= 11 is 0. The third-order valence-corrected chi connectivity index (χ3v) is 2.07. The van der Waals surface area contributed by atoms with Gasteiger partial charge in [0.25, 0.3) is 0 Å². The zero-order valence-corrected chi connectivity index (χ0v) is 8.64. The number of carbonyl (C=O) groups is 1. The van der Waals surface area contributed by atoms with Gasteiger partial charge in [-0.25, -0.2) is 4.79 Å². The quantitative estimate of drug-likeness (QED) is 0.763. The molecule has 0 fully saturated rings. The van der Waals surface area contributed by atoms with Crippen LogP contribution in [0.4, 0.5) is 0 Å². The van der Waals surface area contributed by atoms with Gasteiger partial charge >= 0.3 is 5.97 Å². The SMILES string of the molecule is Cc1ccccc1OC(CCN)C(=O)O. The molecule has 0 amide bonds. The molecule has 0 aromatic heterocycles. The van der Waals surface area contributed by atoms with Gasteiger partial charge in [-0.2, -0.15) is 0 Å². The van der Waals surface area contributed by atoms with E-state index in [1.807, 2.05) is 25.1 Å². The second-order valence-electron chi connectivity index (χ2n) is 3.29. The fourth-order valence-corrected chi connectivity index (χ4v) is 1.23. The van der Waals surface area contributed by atoms with Crippen LogP contribution in [-0.2, 0) is 4.79 Å². The predicted octanol–water partition coefficient (Wildman–Crippen LogP) is 1.18. The van der Waals surface area contributed by atoms with Crippen LogP contribution >= 0.6 is 0 Å². The largest absolute Gasteiger partial charge is 0.479 e. The summed E-state index contributed by atoms with van der Waals surface area (Å²) < 4.78 is 5.37. The van der Waals surface area contributed by atoms with Gasteiger partial charge in [-0.3, -0.25) is 0 Å². The number of hydrogen-bond donors (Lipinski definition) is 2. The van der Waals surface area contributed by atoms with Gasteiger partial charge in [-0.1, -0.05) is 18.2 Å². The summed E-state index contributed by atoms with van der Waals surface area (Å²) in [7, 11) is 0. The lowest BCUT2D eigenvalue weighted by atomic mass is 10.2. The van der Waals surface area contributed by atoms with E-state index in [0.717, 1.165) is 5.56 Å². The number of benzene rings is 1. The van der Waals surface area contributed by atoms with Crippen molar-refractivity contribution in [1.29, 1.82) is 0 Å². The van der Waals surface area contributed by atoms with Crippen molar-refractivity contribution in [3.8, 4) is 5.75 Å². The lowest BCUT2D eigenvalue weighted by Crippen LogP contribution is -2.29. The first-order valence-corrected chi connectivity index (χ1v) is 4.80. The molecule has 82 valence electrons. The molecular weight excluding hydrogens is 194 g/mol. The van der Waals surface area contributed by atoms with Crippen molar-refractivity contribution in [3.63, 3.8) is 0 Å². The van der Waals surface area contributed by atoms with Gasteiger partial charge in [0, 0.05) is 6.42 Å². The van der Waals surface area contributed by atoms with Gasteiger partial charge in [0.15, 0.2) is 6.10 Å². The van der Waals surface area contributed by atoms with Crippen LogP contribution in [0.5, 0.6) is 5.75 Å². The number of carboxylic acids is 1. The van der Waals surface area contributed by atoms with Crippen LogP contribution in [0.25, 0.3) is 0 Å². The van der Waals surface area contributed by atoms with Crippen LogP contribution in [0.2, 0.25) is 0 Å². The first-order valence-electron chi connectivity index (χ1n) is 4.80. The lowest BCUT2D eigenvalue weighted by Gasteiger charge is -2.15. The second kappa shape index (κ2) is 5.36. The fourth-order valence-electron chi connectivity index (χ4n) is 1.23. The van der Waals surface area contributed by atoms with Crippen LogP contribution in [0.15, 0.2) is 24.3 Å². The third kappa shape index (κ3) is 3.25. The number of hydrogen-bond acceptors (Lipinski definition) is 3. The average Bonchev–Trinajstić information content (AvgIpc) is 2.20. The molecule has 0 aliphatic heterocycles. The maximum absolute atomic E-state index is 10.8. The molecule has 1 aromatic rings. The van der Waals surface area contributed by atoms with E-state index >= 15 is 0 Å². The molecule has 0 spiro atoms. The van der Waals surface area contributed by atoms with Crippen molar-refractivity contribution in [2.45, 2.75) is 19.4 Å². The van der Waals surface area contributed by atoms with Crippen molar-refractivity contribution in [2.24, 2.45) is 5.73 Å². The molecule has 1 unspecified atom stereocenters. The number of nitrogens with two attached hydrogens (primary N) is 1. The molecule has 1 rings (SSSR count). The Bertz CT molecular complexity index is 338. The van der Waals surface area contributed by atoms with E-state index in [9.17, 15) is 4.79 Å². The molecule has 4 heteroatoms. The Labute approximate surface area is 88.7 Å². The van der Waals surface area contributed by atoms with Crippen molar-refractivity contribution in [3.05, 3.63) is 29.8 Å². The number of ether oxygens (including phenoxy) is 1. The molecule has 0 bridgehead atoms. The molecule has 0 aliphatic rings. The Kier molecular flexibility index (Phi) is 4.12. The summed E-state index contributed by atoms with van der Waals surface area (Å²) in [5, 5.41) is 8.88. The Morgan fingerprint density at radius 2 is 2.20 bits per heavy atom. The minimum atomic E-state index is -0.983. The molecule has 4 nitrogen and oxygen atoms in total. The maximum Gasteiger partial charge on any atom is 0.344 e. The van der Waals surface area contributed by atoms with E-state index in [2.05, 4.69) is 0 Å². The van der Waals surface area contributed by atoms with Gasteiger partial charge in [-0.15, -0.1) is 0 Å². The van der Waals surface area contributed by atoms with E-state index in [0.29, 0.717) is 18.7 Å². The van der Waals surface area contributed by atoms with E-state index < -0.39 is 12.1 Å². The fraction of sp³-hybridized carbons (Fsp3) is 0.364. The topological polar surface area (TPSA) is 72.5 Å². The highest BCUT2D eigenvalue weighted by Gasteiger charge is 2.18. The number of aryl methyl sites for hydroxylation is 1. The molecule has 0 aliphatic carbocycles. The van der Waals surface area contributed by atoms with Crippen LogP contribution < -0.4 is 10.5 Å². The van der Waals surface area contributed by atoms with Crippen LogP contribution in [-0.4, -0.2) is 23.7 Å². The van der Waals surface area contributed by atoms with E-state index in [4.69, 9.17) is 15.6 Å². The summed E-state index contributed by atoms with van der Waals surface area (Å²) in [6.45, 7) is 2.17. The molecule has 0 saturated carbocycles. The Morgan fingerprint density at radius 3 is 2.73 bits per heavy atom. The van der Waals surface area contributed by atoms with Gasteiger partial charge in [-0.05, 0) is 25.1 Å². The number of carboxylic acid groups (broad SMARTS) is 1. The summed E-state index contributed by atoms with van der Waals surface area (Å²) in [4.78, 5) is 10.8. The highest BCUT2D eigenvalue weighted by molar-refractivity contribution is 5.72. The monoisotopic (exact) mass is 209 g/mol. The average molecular weight is 209 g/mol. The summed E-state index contributed by atoms with van der Waals surface area (Å²) in [5.41, 5.74) is 6.23. The summed E-state index contributed by atoms with van der Waals surface area (Å²) in [6, 6.07) is 7.31. The zero-order valence-electron chi connectivity index (χ0n) is 8.64. The van der Waals surface area contributed by atoms with Crippen LogP contribution in [0, 0.1) is 6.92 Å². The third-order valence-electron chi connectivity index (χ3n) is 2.07. The molecule has 0 heterocycles. The Hall–Kier alpha value is -1.55. The molecule has 0 saturated heterocycles. The van der Waals surface area contributed by atoms with Crippen LogP contribution in [0.3, 0.4) is 0 Å². The standard InChI is InChI=1S/C11H15NO3/c1-8-4-2-3-5-9(8)15-10(6-7-12)11(13)14/h2-5,10H,6-7,12H2,1H3,(H,13,14). The minimum absolute atomic E-state index is 0.294.